The average molecular weight is 534 g/mol. The van der Waals surface area contributed by atoms with E-state index in [-0.39, 0.29) is 40.6 Å². The van der Waals surface area contributed by atoms with Gasteiger partial charge in [0.25, 0.3) is 0 Å². The van der Waals surface area contributed by atoms with Gasteiger partial charge in [0, 0.05) is 22.9 Å². The molecular formula is C23H24ClN5O6S. The molecule has 2 fully saturated rings. The van der Waals surface area contributed by atoms with Gasteiger partial charge < -0.3 is 14.8 Å². The van der Waals surface area contributed by atoms with Crippen LogP contribution in [0.4, 0.5) is 11.4 Å². The quantitative estimate of drug-likeness (QED) is 0.388. The van der Waals surface area contributed by atoms with E-state index >= 15 is 0 Å². The summed E-state index contributed by atoms with van der Waals surface area (Å²) in [4.78, 5) is 51.7. The fraction of sp³-hybridized carbons (Fsp3) is 0.304. The molecule has 13 heteroatoms. The van der Waals surface area contributed by atoms with Gasteiger partial charge in [0.2, 0.25) is 11.8 Å². The van der Waals surface area contributed by atoms with E-state index in [1.54, 1.807) is 29.2 Å². The molecular weight excluding hydrogens is 510 g/mol. The molecule has 190 valence electrons. The molecule has 2 heterocycles. The number of thioether (sulfide) groups is 1. The monoisotopic (exact) mass is 533 g/mol. The number of ether oxygens (including phenoxy) is 2. The third-order valence-corrected chi connectivity index (χ3v) is 6.97. The van der Waals surface area contributed by atoms with Crippen LogP contribution < -0.4 is 26.4 Å². The molecule has 36 heavy (non-hydrogen) atoms. The second-order valence-electron chi connectivity index (χ2n) is 7.95. The predicted molar refractivity (Wildman–Crippen MR) is 134 cm³/mol. The van der Waals surface area contributed by atoms with Gasteiger partial charge in [0.15, 0.2) is 0 Å². The van der Waals surface area contributed by atoms with Crippen molar-refractivity contribution < 1.29 is 28.7 Å². The number of hydrogen-bond acceptors (Lipinski definition) is 10. The minimum atomic E-state index is -0.665. The number of methoxy groups -OCH3 is 2. The average Bonchev–Trinajstić information content (AvgIpc) is 3.36. The Hall–Kier alpha value is -3.16. The number of nitrogens with zero attached hydrogens (tertiary/aromatic N) is 1. The van der Waals surface area contributed by atoms with E-state index in [1.807, 2.05) is 0 Å². The van der Waals surface area contributed by atoms with Gasteiger partial charge in [-0.15, -0.1) is 11.8 Å². The number of fused-ring (bicyclic) bond motifs is 1. The molecule has 2 aromatic carbocycles. The van der Waals surface area contributed by atoms with Crippen molar-refractivity contribution >= 4 is 58.5 Å². The van der Waals surface area contributed by atoms with Gasteiger partial charge in [-0.05, 0) is 42.5 Å². The van der Waals surface area contributed by atoms with Crippen molar-refractivity contribution in [1.29, 1.82) is 0 Å². The van der Waals surface area contributed by atoms with Gasteiger partial charge in [0.1, 0.15) is 5.50 Å². The third kappa shape index (κ3) is 5.63. The van der Waals surface area contributed by atoms with E-state index in [0.29, 0.717) is 17.3 Å². The zero-order valence-electron chi connectivity index (χ0n) is 19.4. The number of esters is 2. The number of carbonyl (C=O) groups excluding carboxylic acids is 4. The number of anilines is 2. The van der Waals surface area contributed by atoms with Crippen LogP contribution in [-0.2, 0) is 19.1 Å². The first-order valence-electron chi connectivity index (χ1n) is 10.9. The predicted octanol–water partition coefficient (Wildman–Crippen LogP) is 1.56. The first-order valence-corrected chi connectivity index (χ1v) is 12.3. The Kier molecular flexibility index (Phi) is 8.11. The summed E-state index contributed by atoms with van der Waals surface area (Å²) in [5, 5.41) is 6.58. The normalized spacial score (nSPS) is 21.0. The lowest BCUT2D eigenvalue weighted by Gasteiger charge is -2.41. The Morgan fingerprint density at radius 2 is 1.72 bits per heavy atom. The molecule has 0 aromatic heterocycles. The van der Waals surface area contributed by atoms with Gasteiger partial charge in [-0.1, -0.05) is 11.6 Å². The number of carbonyl (C=O) groups is 4. The molecule has 2 saturated heterocycles. The molecule has 2 aliphatic heterocycles. The van der Waals surface area contributed by atoms with Gasteiger partial charge >= 0.3 is 11.9 Å². The minimum absolute atomic E-state index is 0.0319. The molecule has 0 spiro atoms. The number of halogens is 1. The Bertz CT molecular complexity index is 1150. The van der Waals surface area contributed by atoms with Crippen molar-refractivity contribution in [2.24, 2.45) is 5.92 Å². The second kappa shape index (κ2) is 11.3. The van der Waals surface area contributed by atoms with Crippen molar-refractivity contribution in [2.75, 3.05) is 36.7 Å². The third-order valence-electron chi connectivity index (χ3n) is 5.63. The molecule has 0 bridgehead atoms. The Balaban J connectivity index is 1.49. The van der Waals surface area contributed by atoms with Crippen LogP contribution >= 0.6 is 23.4 Å². The molecule has 3 unspecified atom stereocenters. The highest BCUT2D eigenvalue weighted by Gasteiger charge is 2.44. The molecule has 4 N–H and O–H groups in total. The fourth-order valence-corrected chi connectivity index (χ4v) is 5.04. The van der Waals surface area contributed by atoms with Crippen LogP contribution in [0.3, 0.4) is 0 Å². The Labute approximate surface area is 216 Å². The molecule has 0 radical (unpaired) electrons. The van der Waals surface area contributed by atoms with Crippen LogP contribution in [-0.4, -0.2) is 61.9 Å². The van der Waals surface area contributed by atoms with E-state index in [2.05, 4.69) is 21.5 Å². The minimum Gasteiger partial charge on any atom is -0.465 e. The van der Waals surface area contributed by atoms with Gasteiger partial charge in [-0.2, -0.15) is 0 Å². The fourth-order valence-electron chi connectivity index (χ4n) is 3.92. The SMILES string of the molecule is COC(=O)c1cc(NC(=O)CSC2NC3NNCC3C(=O)N2c2ccc(Cl)cc2)cc(C(=O)OC)c1. The summed E-state index contributed by atoms with van der Waals surface area (Å²) in [6, 6.07) is 11.0. The number of hydrogen-bond donors (Lipinski definition) is 4. The lowest BCUT2D eigenvalue weighted by atomic mass is 10.0. The molecule has 2 amide bonds. The van der Waals surface area contributed by atoms with Crippen LogP contribution in [0.5, 0.6) is 0 Å². The van der Waals surface area contributed by atoms with Crippen LogP contribution in [0.1, 0.15) is 20.7 Å². The maximum atomic E-state index is 13.3. The zero-order valence-corrected chi connectivity index (χ0v) is 20.9. The summed E-state index contributed by atoms with van der Waals surface area (Å²) in [6.07, 6.45) is -0.291. The lowest BCUT2D eigenvalue weighted by Crippen LogP contribution is -2.64. The van der Waals surface area contributed by atoms with Crippen molar-refractivity contribution in [1.82, 2.24) is 16.2 Å². The van der Waals surface area contributed by atoms with Gasteiger partial charge in [-0.25, -0.2) is 15.0 Å². The molecule has 0 aliphatic carbocycles. The first kappa shape index (κ1) is 25.9. The van der Waals surface area contributed by atoms with Gasteiger partial charge in [0.05, 0.1) is 43.2 Å². The summed E-state index contributed by atoms with van der Waals surface area (Å²) >= 11 is 7.23. The number of benzene rings is 2. The van der Waals surface area contributed by atoms with Gasteiger partial charge in [-0.3, -0.25) is 25.2 Å². The zero-order chi connectivity index (χ0) is 25.8. The van der Waals surface area contributed by atoms with Crippen molar-refractivity contribution in [3.05, 3.63) is 58.6 Å². The summed E-state index contributed by atoms with van der Waals surface area (Å²) < 4.78 is 9.45. The summed E-state index contributed by atoms with van der Waals surface area (Å²) in [5.41, 5.74) is 6.53. The highest BCUT2D eigenvalue weighted by atomic mass is 35.5. The summed E-state index contributed by atoms with van der Waals surface area (Å²) in [6.45, 7) is 0.470. The van der Waals surface area contributed by atoms with E-state index < -0.39 is 23.3 Å². The van der Waals surface area contributed by atoms with E-state index in [1.165, 1.54) is 44.2 Å². The van der Waals surface area contributed by atoms with Crippen LogP contribution in [0.15, 0.2) is 42.5 Å². The van der Waals surface area contributed by atoms with E-state index in [4.69, 9.17) is 21.1 Å². The Morgan fingerprint density at radius 3 is 2.33 bits per heavy atom. The maximum absolute atomic E-state index is 13.3. The van der Waals surface area contributed by atoms with Crippen LogP contribution in [0.25, 0.3) is 0 Å². The molecule has 3 atom stereocenters. The van der Waals surface area contributed by atoms with Crippen molar-refractivity contribution in [2.45, 2.75) is 11.7 Å². The smallest absolute Gasteiger partial charge is 0.337 e. The number of hydrazine groups is 1. The summed E-state index contributed by atoms with van der Waals surface area (Å²) in [5.74, 6) is -2.17. The lowest BCUT2D eigenvalue weighted by molar-refractivity contribution is -0.124. The topological polar surface area (TPSA) is 138 Å². The molecule has 2 aromatic rings. The molecule has 4 rings (SSSR count). The molecule has 2 aliphatic rings. The number of amides is 2. The molecule has 11 nitrogen and oxygen atoms in total. The largest absolute Gasteiger partial charge is 0.465 e. The van der Waals surface area contributed by atoms with Crippen LogP contribution in [0.2, 0.25) is 5.02 Å². The number of nitrogens with one attached hydrogen (secondary N) is 4. The van der Waals surface area contributed by atoms with E-state index in [0.717, 1.165) is 0 Å². The highest BCUT2D eigenvalue weighted by Crippen LogP contribution is 2.31. The number of rotatable bonds is 7. The molecule has 0 saturated carbocycles. The summed E-state index contributed by atoms with van der Waals surface area (Å²) in [7, 11) is 2.43. The standard InChI is InChI=1S/C23H24ClN5O6S/c1-34-21(32)12-7-13(22(33)35-2)9-15(8-12)26-18(30)11-36-23-27-19-17(10-25-28-19)20(31)29(23)16-5-3-14(24)4-6-16/h3-9,17,19,23,25,27-28H,10-11H2,1-2H3,(H,26,30). The first-order chi connectivity index (χ1) is 17.3. The van der Waals surface area contributed by atoms with Crippen LogP contribution in [0, 0.1) is 5.92 Å². The highest BCUT2D eigenvalue weighted by molar-refractivity contribution is 8.00. The van der Waals surface area contributed by atoms with E-state index in [9.17, 15) is 19.2 Å². The second-order valence-corrected chi connectivity index (χ2v) is 9.46. The Morgan fingerprint density at radius 1 is 1.08 bits per heavy atom. The van der Waals surface area contributed by atoms with Crippen molar-refractivity contribution in [3.8, 4) is 0 Å². The van der Waals surface area contributed by atoms with Crippen molar-refractivity contribution in [3.63, 3.8) is 0 Å². The maximum Gasteiger partial charge on any atom is 0.337 e.